The number of likely N-dealkylation sites (N-methyl/N-ethyl adjacent to an activating group) is 1. The van der Waals surface area contributed by atoms with E-state index in [2.05, 4.69) is 6.92 Å². The lowest BCUT2D eigenvalue weighted by Crippen LogP contribution is -2.35. The molecule has 13 heavy (non-hydrogen) atoms. The van der Waals surface area contributed by atoms with Crippen LogP contribution in [0.25, 0.3) is 0 Å². The van der Waals surface area contributed by atoms with Crippen LogP contribution in [0, 0.1) is 0 Å². The number of carbonyl (C=O) groups excluding carboxylic acids is 1. The number of carbonyl (C=O) groups is 1. The minimum atomic E-state index is 0.0321. The fourth-order valence-electron chi connectivity index (χ4n) is 1.63. The summed E-state index contributed by atoms with van der Waals surface area (Å²) in [6, 6.07) is 0. The van der Waals surface area contributed by atoms with Crippen molar-refractivity contribution in [1.29, 1.82) is 0 Å². The van der Waals surface area contributed by atoms with Gasteiger partial charge in [-0.05, 0) is 19.4 Å². The summed E-state index contributed by atoms with van der Waals surface area (Å²) in [5, 5.41) is 0. The highest BCUT2D eigenvalue weighted by Gasteiger charge is 2.25. The Balaban J connectivity index is 2.37. The SMILES string of the molecule is CC1=CC2=C(CC1)OCC(=O)N2C. The second-order valence-electron chi connectivity index (χ2n) is 3.54. The summed E-state index contributed by atoms with van der Waals surface area (Å²) < 4.78 is 5.36. The van der Waals surface area contributed by atoms with E-state index in [0.29, 0.717) is 0 Å². The predicted molar refractivity (Wildman–Crippen MR) is 48.7 cm³/mol. The lowest BCUT2D eigenvalue weighted by atomic mass is 10.0. The fourth-order valence-corrected chi connectivity index (χ4v) is 1.63. The zero-order chi connectivity index (χ0) is 9.42. The van der Waals surface area contributed by atoms with E-state index in [9.17, 15) is 4.79 Å². The Hall–Kier alpha value is -1.25. The number of hydrogen-bond donors (Lipinski definition) is 0. The summed E-state index contributed by atoms with van der Waals surface area (Å²) in [7, 11) is 1.80. The van der Waals surface area contributed by atoms with Gasteiger partial charge in [0.25, 0.3) is 5.91 Å². The van der Waals surface area contributed by atoms with Gasteiger partial charge in [-0.2, -0.15) is 0 Å². The molecular weight excluding hydrogens is 166 g/mol. The van der Waals surface area contributed by atoms with Gasteiger partial charge in [0.2, 0.25) is 0 Å². The van der Waals surface area contributed by atoms with Crippen molar-refractivity contribution in [2.45, 2.75) is 19.8 Å². The first-order chi connectivity index (χ1) is 6.18. The molecule has 0 unspecified atom stereocenters. The largest absolute Gasteiger partial charge is 0.486 e. The zero-order valence-electron chi connectivity index (χ0n) is 7.96. The highest BCUT2D eigenvalue weighted by Crippen LogP contribution is 2.28. The maximum Gasteiger partial charge on any atom is 0.264 e. The van der Waals surface area contributed by atoms with E-state index in [0.717, 1.165) is 24.3 Å². The van der Waals surface area contributed by atoms with Gasteiger partial charge in [-0.15, -0.1) is 0 Å². The summed E-state index contributed by atoms with van der Waals surface area (Å²) in [6.07, 6.45) is 4.01. The highest BCUT2D eigenvalue weighted by atomic mass is 16.5. The van der Waals surface area contributed by atoms with E-state index in [1.807, 2.05) is 6.08 Å². The van der Waals surface area contributed by atoms with Crippen molar-refractivity contribution in [3.63, 3.8) is 0 Å². The van der Waals surface area contributed by atoms with E-state index in [1.165, 1.54) is 5.57 Å². The molecule has 2 rings (SSSR count). The van der Waals surface area contributed by atoms with Crippen LogP contribution in [0.5, 0.6) is 0 Å². The molecule has 1 aliphatic carbocycles. The van der Waals surface area contributed by atoms with Crippen LogP contribution in [0.2, 0.25) is 0 Å². The standard InChI is InChI=1S/C10H13NO2/c1-7-3-4-9-8(5-7)11(2)10(12)6-13-9/h5H,3-4,6H2,1-2H3. The Morgan fingerprint density at radius 2 is 2.23 bits per heavy atom. The zero-order valence-corrected chi connectivity index (χ0v) is 7.96. The first-order valence-corrected chi connectivity index (χ1v) is 4.48. The molecule has 1 amide bonds. The normalized spacial score (nSPS) is 22.5. The van der Waals surface area contributed by atoms with Gasteiger partial charge in [-0.25, -0.2) is 0 Å². The van der Waals surface area contributed by atoms with Crippen molar-refractivity contribution in [3.05, 3.63) is 23.1 Å². The van der Waals surface area contributed by atoms with Crippen LogP contribution in [0.1, 0.15) is 19.8 Å². The third-order valence-electron chi connectivity index (χ3n) is 2.52. The van der Waals surface area contributed by atoms with E-state index < -0.39 is 0 Å². The first-order valence-electron chi connectivity index (χ1n) is 4.48. The fraction of sp³-hybridized carbons (Fsp3) is 0.500. The smallest absolute Gasteiger partial charge is 0.264 e. The molecule has 0 fully saturated rings. The van der Waals surface area contributed by atoms with Gasteiger partial charge in [0, 0.05) is 13.5 Å². The third-order valence-corrected chi connectivity index (χ3v) is 2.52. The van der Waals surface area contributed by atoms with Gasteiger partial charge in [-0.1, -0.05) is 5.57 Å². The number of amides is 1. The van der Waals surface area contributed by atoms with Crippen LogP contribution in [-0.4, -0.2) is 24.5 Å². The molecule has 0 radical (unpaired) electrons. The van der Waals surface area contributed by atoms with Gasteiger partial charge in [0.1, 0.15) is 5.76 Å². The van der Waals surface area contributed by atoms with Crippen molar-refractivity contribution in [1.82, 2.24) is 4.90 Å². The van der Waals surface area contributed by atoms with Crippen molar-refractivity contribution >= 4 is 5.91 Å². The number of rotatable bonds is 0. The summed E-state index contributed by atoms with van der Waals surface area (Å²) in [5.74, 6) is 0.998. The average molecular weight is 179 g/mol. The molecule has 70 valence electrons. The lowest BCUT2D eigenvalue weighted by Gasteiger charge is -2.30. The first kappa shape index (κ1) is 8.35. The van der Waals surface area contributed by atoms with Gasteiger partial charge >= 0.3 is 0 Å². The Bertz CT molecular complexity index is 315. The van der Waals surface area contributed by atoms with Gasteiger partial charge in [0.05, 0.1) is 5.70 Å². The Labute approximate surface area is 77.7 Å². The molecule has 0 aromatic heterocycles. The van der Waals surface area contributed by atoms with E-state index in [-0.39, 0.29) is 12.5 Å². The van der Waals surface area contributed by atoms with E-state index in [4.69, 9.17) is 4.74 Å². The van der Waals surface area contributed by atoms with Crippen LogP contribution < -0.4 is 0 Å². The quantitative estimate of drug-likeness (QED) is 0.563. The molecule has 0 aromatic rings. The van der Waals surface area contributed by atoms with Crippen LogP contribution in [0.4, 0.5) is 0 Å². The summed E-state index contributed by atoms with van der Waals surface area (Å²) >= 11 is 0. The van der Waals surface area contributed by atoms with Crippen molar-refractivity contribution < 1.29 is 9.53 Å². The van der Waals surface area contributed by atoms with Gasteiger partial charge < -0.3 is 9.64 Å². The monoisotopic (exact) mass is 179 g/mol. The number of hydrogen-bond acceptors (Lipinski definition) is 2. The van der Waals surface area contributed by atoms with Crippen LogP contribution in [0.15, 0.2) is 23.1 Å². The minimum Gasteiger partial charge on any atom is -0.486 e. The second-order valence-corrected chi connectivity index (χ2v) is 3.54. The molecule has 2 aliphatic rings. The maximum absolute atomic E-state index is 11.3. The molecule has 0 saturated carbocycles. The summed E-state index contributed by atoms with van der Waals surface area (Å²) in [6.45, 7) is 2.28. The van der Waals surface area contributed by atoms with Gasteiger partial charge in [-0.3, -0.25) is 4.79 Å². The van der Waals surface area contributed by atoms with Gasteiger partial charge in [0.15, 0.2) is 6.61 Å². The molecule has 1 heterocycles. The Morgan fingerprint density at radius 1 is 1.46 bits per heavy atom. The molecule has 0 N–H and O–H groups in total. The molecule has 0 spiro atoms. The van der Waals surface area contributed by atoms with Crippen LogP contribution in [-0.2, 0) is 9.53 Å². The molecule has 0 aromatic carbocycles. The average Bonchev–Trinajstić information content (AvgIpc) is 2.12. The Morgan fingerprint density at radius 3 is 3.00 bits per heavy atom. The second kappa shape index (κ2) is 2.91. The van der Waals surface area contributed by atoms with Crippen molar-refractivity contribution in [3.8, 4) is 0 Å². The van der Waals surface area contributed by atoms with Crippen molar-refractivity contribution in [2.75, 3.05) is 13.7 Å². The maximum atomic E-state index is 11.3. The minimum absolute atomic E-state index is 0.0321. The molecule has 3 heteroatoms. The highest BCUT2D eigenvalue weighted by molar-refractivity contribution is 5.81. The Kier molecular flexibility index (Phi) is 1.87. The molecule has 0 atom stereocenters. The molecular formula is C10H13NO2. The summed E-state index contributed by atoms with van der Waals surface area (Å²) in [5.41, 5.74) is 2.25. The third kappa shape index (κ3) is 1.34. The van der Waals surface area contributed by atoms with Crippen molar-refractivity contribution in [2.24, 2.45) is 0 Å². The van der Waals surface area contributed by atoms with Crippen LogP contribution >= 0.6 is 0 Å². The van der Waals surface area contributed by atoms with Crippen LogP contribution in [0.3, 0.4) is 0 Å². The van der Waals surface area contributed by atoms with E-state index >= 15 is 0 Å². The molecule has 0 bridgehead atoms. The predicted octanol–water partition coefficient (Wildman–Crippen LogP) is 1.43. The number of ether oxygens (including phenoxy) is 1. The lowest BCUT2D eigenvalue weighted by molar-refractivity contribution is -0.134. The number of allylic oxidation sites excluding steroid dienone is 3. The topological polar surface area (TPSA) is 29.5 Å². The molecule has 3 nitrogen and oxygen atoms in total. The molecule has 1 aliphatic heterocycles. The van der Waals surface area contributed by atoms with E-state index in [1.54, 1.807) is 11.9 Å². The summed E-state index contributed by atoms with van der Waals surface area (Å²) in [4.78, 5) is 13.0. The molecule has 0 saturated heterocycles. The number of nitrogens with zero attached hydrogens (tertiary/aromatic N) is 1.